The molecule has 5 aromatic rings. The van der Waals surface area contributed by atoms with Crippen LogP contribution in [0.25, 0.3) is 28.2 Å². The summed E-state index contributed by atoms with van der Waals surface area (Å²) in [5.74, 6) is 1.69. The highest BCUT2D eigenvalue weighted by Gasteiger charge is 2.17. The smallest absolute Gasteiger partial charge is 0.164 e. The van der Waals surface area contributed by atoms with Crippen molar-refractivity contribution in [3.05, 3.63) is 84.6 Å². The zero-order chi connectivity index (χ0) is 21.9. The zero-order valence-electron chi connectivity index (χ0n) is 16.8. The number of nitriles is 1. The fourth-order valence-corrected chi connectivity index (χ4v) is 3.41. The number of nitrogens with zero attached hydrogens (tertiary/aromatic N) is 7. The second kappa shape index (κ2) is 8.12. The molecule has 154 valence electrons. The number of pyridine rings is 2. The second-order valence-corrected chi connectivity index (χ2v) is 6.97. The predicted octanol–water partition coefficient (Wildman–Crippen LogP) is 3.34. The van der Waals surface area contributed by atoms with Crippen LogP contribution in [0.5, 0.6) is 0 Å². The van der Waals surface area contributed by atoms with Crippen LogP contribution in [0.1, 0.15) is 11.3 Å². The number of imidazole rings is 1. The van der Waals surface area contributed by atoms with Crippen molar-refractivity contribution in [2.75, 3.05) is 11.1 Å². The van der Waals surface area contributed by atoms with Gasteiger partial charge in [0.25, 0.3) is 0 Å². The Bertz CT molecular complexity index is 1450. The van der Waals surface area contributed by atoms with Crippen molar-refractivity contribution in [3.8, 4) is 23.1 Å². The van der Waals surface area contributed by atoms with Crippen molar-refractivity contribution in [1.82, 2.24) is 29.5 Å². The summed E-state index contributed by atoms with van der Waals surface area (Å²) in [5, 5.41) is 12.2. The van der Waals surface area contributed by atoms with E-state index in [1.165, 1.54) is 6.33 Å². The highest BCUT2D eigenvalue weighted by atomic mass is 15.1. The van der Waals surface area contributed by atoms with Crippen LogP contribution < -0.4 is 11.1 Å². The van der Waals surface area contributed by atoms with Crippen LogP contribution >= 0.6 is 0 Å². The Morgan fingerprint density at radius 1 is 0.969 bits per heavy atom. The van der Waals surface area contributed by atoms with E-state index in [-0.39, 0.29) is 0 Å². The van der Waals surface area contributed by atoms with Crippen molar-refractivity contribution in [2.24, 2.45) is 0 Å². The largest absolute Gasteiger partial charge is 0.383 e. The second-order valence-electron chi connectivity index (χ2n) is 6.97. The first-order valence-corrected chi connectivity index (χ1v) is 9.82. The summed E-state index contributed by atoms with van der Waals surface area (Å²) >= 11 is 0. The molecule has 0 atom stereocenters. The molecule has 3 N–H and O–H groups in total. The number of rotatable bonds is 5. The fourth-order valence-electron chi connectivity index (χ4n) is 3.41. The molecule has 0 aliphatic heterocycles. The summed E-state index contributed by atoms with van der Waals surface area (Å²) in [4.78, 5) is 21.5. The normalized spacial score (nSPS) is 10.7. The lowest BCUT2D eigenvalue weighted by Gasteiger charge is -2.11. The molecular weight excluding hydrogens is 402 g/mol. The lowest BCUT2D eigenvalue weighted by molar-refractivity contribution is 1.05. The van der Waals surface area contributed by atoms with E-state index in [4.69, 9.17) is 16.0 Å². The minimum absolute atomic E-state index is 0.319. The van der Waals surface area contributed by atoms with E-state index >= 15 is 0 Å². The van der Waals surface area contributed by atoms with Crippen molar-refractivity contribution < 1.29 is 0 Å². The van der Waals surface area contributed by atoms with Crippen molar-refractivity contribution in [3.63, 3.8) is 0 Å². The van der Waals surface area contributed by atoms with Crippen LogP contribution in [0.15, 0.2) is 73.3 Å². The number of nitrogens with one attached hydrogen (secondary N) is 1. The average Bonchev–Trinajstić information content (AvgIpc) is 3.23. The summed E-state index contributed by atoms with van der Waals surface area (Å²) < 4.78 is 1.98. The maximum Gasteiger partial charge on any atom is 0.164 e. The molecule has 4 heterocycles. The van der Waals surface area contributed by atoms with Gasteiger partial charge in [0.2, 0.25) is 0 Å². The monoisotopic (exact) mass is 419 g/mol. The number of aromatic nitrogens is 6. The number of benzene rings is 1. The van der Waals surface area contributed by atoms with E-state index in [1.807, 2.05) is 59.2 Å². The first kappa shape index (κ1) is 19.1. The maximum absolute atomic E-state index is 8.97. The molecule has 9 nitrogen and oxygen atoms in total. The van der Waals surface area contributed by atoms with Crippen LogP contribution in [0.3, 0.4) is 0 Å². The van der Waals surface area contributed by atoms with Crippen LogP contribution in [-0.4, -0.2) is 29.5 Å². The van der Waals surface area contributed by atoms with E-state index in [2.05, 4.69) is 25.3 Å². The van der Waals surface area contributed by atoms with E-state index in [0.717, 1.165) is 28.0 Å². The van der Waals surface area contributed by atoms with Gasteiger partial charge in [-0.3, -0.25) is 4.57 Å². The Balaban J connectivity index is 1.49. The molecule has 0 saturated carbocycles. The summed E-state index contributed by atoms with van der Waals surface area (Å²) in [6.07, 6.45) is 4.77. The molecule has 0 unspecified atom stereocenters. The fraction of sp³-hybridized carbons (Fsp3) is 0.0435. The number of hydrogen-bond donors (Lipinski definition) is 2. The summed E-state index contributed by atoms with van der Waals surface area (Å²) in [5.41, 5.74) is 10.7. The molecule has 4 aromatic heterocycles. The van der Waals surface area contributed by atoms with Gasteiger partial charge >= 0.3 is 0 Å². The van der Waals surface area contributed by atoms with Gasteiger partial charge in [0.1, 0.15) is 35.2 Å². The highest BCUT2D eigenvalue weighted by Crippen LogP contribution is 2.30. The van der Waals surface area contributed by atoms with Crippen molar-refractivity contribution in [2.45, 2.75) is 6.54 Å². The number of nitrogens with two attached hydrogens (primary N) is 1. The van der Waals surface area contributed by atoms with Gasteiger partial charge in [-0.15, -0.1) is 0 Å². The van der Waals surface area contributed by atoms with E-state index in [0.29, 0.717) is 29.7 Å². The minimum Gasteiger partial charge on any atom is -0.383 e. The molecule has 0 bridgehead atoms. The Hall–Kier alpha value is -4.84. The lowest BCUT2D eigenvalue weighted by Crippen LogP contribution is -2.04. The molecule has 0 saturated heterocycles. The summed E-state index contributed by atoms with van der Waals surface area (Å²) in [6.45, 7) is 0.549. The third kappa shape index (κ3) is 3.57. The number of nitrogen functional groups attached to an aromatic ring is 1. The predicted molar refractivity (Wildman–Crippen MR) is 121 cm³/mol. The number of anilines is 2. The highest BCUT2D eigenvalue weighted by molar-refractivity contribution is 5.82. The lowest BCUT2D eigenvalue weighted by atomic mass is 10.2. The van der Waals surface area contributed by atoms with E-state index < -0.39 is 0 Å². The molecule has 0 aliphatic rings. The molecule has 1 aromatic carbocycles. The molecular formula is C23H17N9. The van der Waals surface area contributed by atoms with Gasteiger partial charge < -0.3 is 11.1 Å². The first-order chi connectivity index (χ1) is 15.7. The Kier molecular flexibility index (Phi) is 4.86. The van der Waals surface area contributed by atoms with Gasteiger partial charge in [0, 0.05) is 30.7 Å². The minimum atomic E-state index is 0.319. The molecule has 0 spiro atoms. The van der Waals surface area contributed by atoms with Crippen LogP contribution in [0, 0.1) is 11.3 Å². The molecule has 0 fully saturated rings. The zero-order valence-corrected chi connectivity index (χ0v) is 16.8. The van der Waals surface area contributed by atoms with Crippen LogP contribution in [-0.2, 0) is 6.54 Å². The molecule has 9 heteroatoms. The standard InChI is InChI=1S/C23H17N9/c24-12-16-11-20(30-14-29-16)28-13-15-5-7-17(8-6-15)32-22(18-3-1-9-26-21(18)25)31-19-4-2-10-27-23(19)32/h1-11,14H,13H2,(H2,25,26)(H,28,29,30). The average molecular weight is 419 g/mol. The first-order valence-electron chi connectivity index (χ1n) is 9.82. The molecule has 0 aliphatic carbocycles. The number of fused-ring (bicyclic) bond motifs is 1. The Labute approximate surface area is 183 Å². The third-order valence-electron chi connectivity index (χ3n) is 4.95. The SMILES string of the molecule is N#Cc1cc(NCc2ccc(-n3c(-c4cccnc4N)nc4cccnc43)cc2)ncn1. The quantitative estimate of drug-likeness (QED) is 0.443. The topological polar surface area (TPSA) is 131 Å². The summed E-state index contributed by atoms with van der Waals surface area (Å²) in [6, 6.07) is 19.2. The molecule has 32 heavy (non-hydrogen) atoms. The van der Waals surface area contributed by atoms with Gasteiger partial charge in [-0.05, 0) is 42.0 Å². The van der Waals surface area contributed by atoms with Gasteiger partial charge in [0.15, 0.2) is 11.5 Å². The summed E-state index contributed by atoms with van der Waals surface area (Å²) in [7, 11) is 0. The molecule has 5 rings (SSSR count). The van der Waals surface area contributed by atoms with E-state index in [9.17, 15) is 0 Å². The Morgan fingerprint density at radius 3 is 2.59 bits per heavy atom. The van der Waals surface area contributed by atoms with Crippen molar-refractivity contribution >= 4 is 22.8 Å². The van der Waals surface area contributed by atoms with Gasteiger partial charge in [0.05, 0.1) is 5.56 Å². The van der Waals surface area contributed by atoms with Crippen LogP contribution in [0.4, 0.5) is 11.6 Å². The third-order valence-corrected chi connectivity index (χ3v) is 4.95. The van der Waals surface area contributed by atoms with Gasteiger partial charge in [-0.2, -0.15) is 5.26 Å². The maximum atomic E-state index is 8.97. The molecule has 0 radical (unpaired) electrons. The number of hydrogen-bond acceptors (Lipinski definition) is 8. The van der Waals surface area contributed by atoms with Gasteiger partial charge in [-0.25, -0.2) is 24.9 Å². The van der Waals surface area contributed by atoms with Crippen molar-refractivity contribution in [1.29, 1.82) is 5.26 Å². The molecule has 0 amide bonds. The Morgan fingerprint density at radius 2 is 1.78 bits per heavy atom. The van der Waals surface area contributed by atoms with Crippen LogP contribution in [0.2, 0.25) is 0 Å². The van der Waals surface area contributed by atoms with E-state index in [1.54, 1.807) is 18.5 Å². The van der Waals surface area contributed by atoms with Gasteiger partial charge in [-0.1, -0.05) is 12.1 Å².